The molecule has 0 amide bonds. The van der Waals surface area contributed by atoms with Crippen molar-refractivity contribution in [2.75, 3.05) is 0 Å². The summed E-state index contributed by atoms with van der Waals surface area (Å²) in [4.78, 5) is 9.20. The zero-order chi connectivity index (χ0) is 24.0. The first-order chi connectivity index (χ1) is 15.8. The number of hydrogen-bond acceptors (Lipinski definition) is 4. The van der Waals surface area contributed by atoms with Crippen molar-refractivity contribution in [3.63, 3.8) is 0 Å². The molecule has 1 aliphatic rings. The third kappa shape index (κ3) is 6.03. The fraction of sp³-hybridized carbons (Fsp3) is 0.680. The van der Waals surface area contributed by atoms with E-state index in [-0.39, 0.29) is 23.9 Å². The predicted octanol–water partition coefficient (Wildman–Crippen LogP) is 1.01. The normalized spacial score (nSPS) is 22.2. The molecule has 2 aromatic rings. The number of hydrogen-bond donors (Lipinski definition) is 0. The van der Waals surface area contributed by atoms with Crippen LogP contribution in [0.4, 0.5) is 0 Å². The van der Waals surface area contributed by atoms with Crippen LogP contribution in [0, 0.1) is 5.92 Å². The zero-order valence-corrected chi connectivity index (χ0v) is 20.9. The molecule has 0 radical (unpaired) electrons. The van der Waals surface area contributed by atoms with Gasteiger partial charge in [-0.2, -0.15) is 0 Å². The molecule has 33 heavy (non-hydrogen) atoms. The summed E-state index contributed by atoms with van der Waals surface area (Å²) >= 11 is 0. The van der Waals surface area contributed by atoms with Crippen molar-refractivity contribution < 1.29 is 19.3 Å². The van der Waals surface area contributed by atoms with Gasteiger partial charge in [-0.15, -0.1) is 0 Å². The van der Waals surface area contributed by atoms with E-state index in [0.717, 1.165) is 51.6 Å². The van der Waals surface area contributed by atoms with Gasteiger partial charge in [-0.1, -0.05) is 33.6 Å². The van der Waals surface area contributed by atoms with Gasteiger partial charge in [-0.05, 0) is 38.0 Å². The van der Waals surface area contributed by atoms with E-state index in [0.29, 0.717) is 24.0 Å². The molecule has 0 bridgehead atoms. The van der Waals surface area contributed by atoms with Crippen LogP contribution in [0.5, 0.6) is 0 Å². The van der Waals surface area contributed by atoms with Crippen molar-refractivity contribution in [1.82, 2.24) is 9.13 Å². The summed E-state index contributed by atoms with van der Waals surface area (Å²) in [5, 5.41) is 26.2. The van der Waals surface area contributed by atoms with E-state index in [1.807, 2.05) is 57.2 Å². The Hall–Kier alpha value is -2.64. The second-order valence-electron chi connectivity index (χ2n) is 9.44. The summed E-state index contributed by atoms with van der Waals surface area (Å²) < 4.78 is 7.70. The fourth-order valence-electron chi connectivity index (χ4n) is 4.62. The molecule has 2 heterocycles. The van der Waals surface area contributed by atoms with Gasteiger partial charge >= 0.3 is 0 Å². The summed E-state index contributed by atoms with van der Waals surface area (Å²) in [7, 11) is 3.78. The van der Waals surface area contributed by atoms with E-state index < -0.39 is 0 Å². The standard InChI is InChI=1S/C25H40N6O2/c1-6-8-12-30-16-14-28(4)24(30)22(32)26-20-11-10-19(3)21(18-20)27-23(33)25-29(5)15-17-31(25)13-9-7-2/h14-17,19-21H,6-13,18H2,1-5H3. The summed E-state index contributed by atoms with van der Waals surface area (Å²) in [5.74, 6) is 1.17. The van der Waals surface area contributed by atoms with Crippen LogP contribution >= 0.6 is 0 Å². The number of imidazole rings is 2. The van der Waals surface area contributed by atoms with Crippen LogP contribution in [0.1, 0.15) is 77.4 Å². The van der Waals surface area contributed by atoms with E-state index in [1.165, 1.54) is 0 Å². The first-order valence-electron chi connectivity index (χ1n) is 12.5. The van der Waals surface area contributed by atoms with Crippen LogP contribution < -0.4 is 19.3 Å². The van der Waals surface area contributed by atoms with Gasteiger partial charge in [0.05, 0.1) is 51.1 Å². The van der Waals surface area contributed by atoms with Crippen LogP contribution in [0.3, 0.4) is 0 Å². The van der Waals surface area contributed by atoms with E-state index in [9.17, 15) is 10.2 Å². The molecule has 3 rings (SSSR count). The molecule has 2 aromatic heterocycles. The molecule has 8 nitrogen and oxygen atoms in total. The zero-order valence-electron chi connectivity index (χ0n) is 20.9. The van der Waals surface area contributed by atoms with Gasteiger partial charge in [0.15, 0.2) is 0 Å². The van der Waals surface area contributed by atoms with Crippen molar-refractivity contribution in [3.05, 3.63) is 36.4 Å². The summed E-state index contributed by atoms with van der Waals surface area (Å²) in [6, 6.07) is -0.228. The lowest BCUT2D eigenvalue weighted by molar-refractivity contribution is -0.674. The summed E-state index contributed by atoms with van der Waals surface area (Å²) in [6.45, 7) is 8.06. The number of aliphatic imine (C=N–C) groups is 2. The highest BCUT2D eigenvalue weighted by Gasteiger charge is 2.28. The number of nitrogens with zero attached hydrogens (tertiary/aromatic N) is 6. The highest BCUT2D eigenvalue weighted by atomic mass is 16.3. The van der Waals surface area contributed by atoms with Crippen molar-refractivity contribution in [3.8, 4) is 0 Å². The maximum atomic E-state index is 13.1. The molecule has 182 valence electrons. The monoisotopic (exact) mass is 456 g/mol. The molecule has 1 saturated carbocycles. The highest BCUT2D eigenvalue weighted by Crippen LogP contribution is 2.29. The lowest BCUT2D eigenvalue weighted by Crippen LogP contribution is -2.42. The lowest BCUT2D eigenvalue weighted by atomic mass is 9.83. The number of unbranched alkanes of at least 4 members (excludes halogenated alkanes) is 2. The smallest absolute Gasteiger partial charge is 0.291 e. The van der Waals surface area contributed by atoms with E-state index in [2.05, 4.69) is 30.8 Å². The molecule has 1 aliphatic carbocycles. The molecule has 3 unspecified atom stereocenters. The van der Waals surface area contributed by atoms with Crippen LogP contribution in [0.2, 0.25) is 0 Å². The van der Waals surface area contributed by atoms with Gasteiger partial charge in [0.1, 0.15) is 24.8 Å². The van der Waals surface area contributed by atoms with Crippen LogP contribution in [0.25, 0.3) is 0 Å². The third-order valence-corrected chi connectivity index (χ3v) is 6.75. The molecule has 8 heteroatoms. The molecular weight excluding hydrogens is 416 g/mol. The average Bonchev–Trinajstić information content (AvgIpc) is 3.34. The minimum Gasteiger partial charge on any atom is -0.853 e. The van der Waals surface area contributed by atoms with Gasteiger partial charge < -0.3 is 10.2 Å². The SMILES string of the molecule is CCCCn1cc[n+](C)c1C([O-])=NC1CCC(C)C(N=C([O-])c2n(CCCC)cc[n+]2C)C1. The second-order valence-corrected chi connectivity index (χ2v) is 9.44. The van der Waals surface area contributed by atoms with Crippen LogP contribution in [-0.2, 0) is 27.2 Å². The number of aryl methyl sites for hydroxylation is 4. The van der Waals surface area contributed by atoms with E-state index in [4.69, 9.17) is 0 Å². The van der Waals surface area contributed by atoms with Gasteiger partial charge in [0, 0.05) is 0 Å². The van der Waals surface area contributed by atoms with Crippen molar-refractivity contribution in [2.24, 2.45) is 30.0 Å². The number of aromatic nitrogens is 4. The Balaban J connectivity index is 1.78. The minimum absolute atomic E-state index is 0.106. The topological polar surface area (TPSA) is 88.5 Å². The Morgan fingerprint density at radius 2 is 1.42 bits per heavy atom. The fourth-order valence-corrected chi connectivity index (χ4v) is 4.62. The van der Waals surface area contributed by atoms with Gasteiger partial charge in [-0.25, -0.2) is 18.3 Å². The lowest BCUT2D eigenvalue weighted by Gasteiger charge is -2.31. The van der Waals surface area contributed by atoms with Crippen LogP contribution in [0.15, 0.2) is 34.8 Å². The first-order valence-corrected chi connectivity index (χ1v) is 12.5. The molecule has 0 spiro atoms. The van der Waals surface area contributed by atoms with Gasteiger partial charge in [-0.3, -0.25) is 9.98 Å². The highest BCUT2D eigenvalue weighted by molar-refractivity contribution is 5.86. The number of rotatable bonds is 10. The maximum Gasteiger partial charge on any atom is 0.291 e. The molecule has 1 fully saturated rings. The van der Waals surface area contributed by atoms with Gasteiger partial charge in [0.2, 0.25) is 0 Å². The Bertz CT molecular complexity index is 974. The minimum atomic E-state index is -0.178. The maximum absolute atomic E-state index is 13.1. The Morgan fingerprint density at radius 3 is 1.94 bits per heavy atom. The molecule has 0 aromatic carbocycles. The Kier molecular flexibility index (Phi) is 8.69. The predicted molar refractivity (Wildman–Crippen MR) is 125 cm³/mol. The summed E-state index contributed by atoms with van der Waals surface area (Å²) in [5.41, 5.74) is 0. The Labute approximate surface area is 197 Å². The van der Waals surface area contributed by atoms with Crippen molar-refractivity contribution in [2.45, 2.75) is 90.9 Å². The molecule has 0 N–H and O–H groups in total. The quantitative estimate of drug-likeness (QED) is 0.303. The summed E-state index contributed by atoms with van der Waals surface area (Å²) in [6.07, 6.45) is 14.3. The third-order valence-electron chi connectivity index (χ3n) is 6.75. The Morgan fingerprint density at radius 1 is 0.909 bits per heavy atom. The molecule has 0 saturated heterocycles. The molecular formula is C25H40N6O2. The molecule has 0 aliphatic heterocycles. The average molecular weight is 457 g/mol. The van der Waals surface area contributed by atoms with Crippen molar-refractivity contribution in [1.29, 1.82) is 0 Å². The first kappa shape index (κ1) is 25.0. The second kappa shape index (κ2) is 11.5. The largest absolute Gasteiger partial charge is 0.853 e. The van der Waals surface area contributed by atoms with Crippen LogP contribution in [-0.4, -0.2) is 33.0 Å². The molecule has 3 atom stereocenters. The van der Waals surface area contributed by atoms with E-state index in [1.54, 1.807) is 0 Å². The van der Waals surface area contributed by atoms with E-state index >= 15 is 0 Å². The van der Waals surface area contributed by atoms with Crippen molar-refractivity contribution >= 4 is 11.8 Å². The van der Waals surface area contributed by atoms with Gasteiger partial charge in [0.25, 0.3) is 11.6 Å².